The lowest BCUT2D eigenvalue weighted by Crippen LogP contribution is -2.23. The molecule has 2 rings (SSSR count). The number of carbonyl (C=O) groups is 2. The van der Waals surface area contributed by atoms with E-state index < -0.39 is 12.6 Å². The summed E-state index contributed by atoms with van der Waals surface area (Å²) in [6.45, 7) is 4.52. The first-order chi connectivity index (χ1) is 13.4. The second-order valence-electron chi connectivity index (χ2n) is 6.58. The van der Waals surface area contributed by atoms with Crippen molar-refractivity contribution in [2.24, 2.45) is 5.92 Å². The molecule has 2 aromatic rings. The van der Waals surface area contributed by atoms with E-state index in [-0.39, 0.29) is 12.5 Å². The number of rotatable bonds is 10. The second-order valence-corrected chi connectivity index (χ2v) is 6.58. The number of nitrogens with one attached hydrogen (secondary N) is 1. The van der Waals surface area contributed by atoms with Crippen molar-refractivity contribution in [3.8, 4) is 17.2 Å². The summed E-state index contributed by atoms with van der Waals surface area (Å²) in [5.74, 6) is 0.595. The summed E-state index contributed by atoms with van der Waals surface area (Å²) in [7, 11) is 1.53. The maximum Gasteiger partial charge on any atom is 0.341 e. The van der Waals surface area contributed by atoms with Crippen molar-refractivity contribution in [3.05, 3.63) is 53.6 Å². The van der Waals surface area contributed by atoms with Gasteiger partial charge in [-0.15, -0.1) is 0 Å². The molecule has 0 radical (unpaired) electrons. The molecule has 0 aliphatic rings. The standard InChI is InChI=1S/C21H25NO6/c1-14(2)12-28-18-8-7-16(10-19(18)26-3)21(25)22-11-15-5-4-6-17(9-15)27-13-20(23)24/h4-10,14H,11-13H2,1-3H3,(H,22,25)(H,23,24). The summed E-state index contributed by atoms with van der Waals surface area (Å²) >= 11 is 0. The molecule has 28 heavy (non-hydrogen) atoms. The van der Waals surface area contributed by atoms with E-state index in [4.69, 9.17) is 19.3 Å². The number of hydrogen-bond donors (Lipinski definition) is 2. The van der Waals surface area contributed by atoms with Crippen LogP contribution >= 0.6 is 0 Å². The van der Waals surface area contributed by atoms with E-state index in [0.29, 0.717) is 35.3 Å². The van der Waals surface area contributed by atoms with Crippen molar-refractivity contribution >= 4 is 11.9 Å². The van der Waals surface area contributed by atoms with E-state index in [2.05, 4.69) is 19.2 Å². The molecular formula is C21H25NO6. The minimum atomic E-state index is -1.05. The van der Waals surface area contributed by atoms with Gasteiger partial charge in [0.2, 0.25) is 0 Å². The van der Waals surface area contributed by atoms with Crippen molar-refractivity contribution in [1.29, 1.82) is 0 Å². The fourth-order valence-electron chi connectivity index (χ4n) is 2.36. The molecule has 0 aliphatic heterocycles. The molecule has 0 bridgehead atoms. The average Bonchev–Trinajstić information content (AvgIpc) is 2.69. The number of ether oxygens (including phenoxy) is 3. The predicted molar refractivity (Wildman–Crippen MR) is 104 cm³/mol. The van der Waals surface area contributed by atoms with Gasteiger partial charge >= 0.3 is 5.97 Å². The molecule has 0 spiro atoms. The normalized spacial score (nSPS) is 10.4. The SMILES string of the molecule is COc1cc(C(=O)NCc2cccc(OCC(=O)O)c2)ccc1OCC(C)C. The number of carboxylic acids is 1. The third-order valence-corrected chi connectivity index (χ3v) is 3.71. The highest BCUT2D eigenvalue weighted by atomic mass is 16.5. The number of hydrogen-bond acceptors (Lipinski definition) is 5. The number of aliphatic carboxylic acids is 1. The zero-order chi connectivity index (χ0) is 20.5. The highest BCUT2D eigenvalue weighted by Gasteiger charge is 2.12. The van der Waals surface area contributed by atoms with Gasteiger partial charge < -0.3 is 24.6 Å². The fourth-order valence-corrected chi connectivity index (χ4v) is 2.36. The lowest BCUT2D eigenvalue weighted by molar-refractivity contribution is -0.139. The first-order valence-electron chi connectivity index (χ1n) is 8.91. The van der Waals surface area contributed by atoms with Gasteiger partial charge in [0.15, 0.2) is 18.1 Å². The molecule has 2 aromatic carbocycles. The van der Waals surface area contributed by atoms with Crippen LogP contribution in [0.1, 0.15) is 29.8 Å². The molecule has 0 aliphatic carbocycles. The van der Waals surface area contributed by atoms with Crippen LogP contribution in [0.4, 0.5) is 0 Å². The molecule has 0 saturated heterocycles. The summed E-state index contributed by atoms with van der Waals surface area (Å²) in [5.41, 5.74) is 1.24. The summed E-state index contributed by atoms with van der Waals surface area (Å²) < 4.78 is 16.2. The maximum atomic E-state index is 12.4. The minimum Gasteiger partial charge on any atom is -0.493 e. The number of methoxy groups -OCH3 is 1. The molecule has 0 aromatic heterocycles. The smallest absolute Gasteiger partial charge is 0.341 e. The lowest BCUT2D eigenvalue weighted by Gasteiger charge is -2.13. The van der Waals surface area contributed by atoms with Gasteiger partial charge in [0.25, 0.3) is 5.91 Å². The summed E-state index contributed by atoms with van der Waals surface area (Å²) in [4.78, 5) is 23.0. The topological polar surface area (TPSA) is 94.1 Å². The summed E-state index contributed by atoms with van der Waals surface area (Å²) in [6.07, 6.45) is 0. The van der Waals surface area contributed by atoms with E-state index >= 15 is 0 Å². The summed E-state index contributed by atoms with van der Waals surface area (Å²) in [5, 5.41) is 11.5. The van der Waals surface area contributed by atoms with Crippen LogP contribution in [0, 0.1) is 5.92 Å². The van der Waals surface area contributed by atoms with E-state index in [0.717, 1.165) is 5.56 Å². The Morgan fingerprint density at radius 2 is 1.86 bits per heavy atom. The Balaban J connectivity index is 1.99. The Kier molecular flexibility index (Phi) is 7.68. The Morgan fingerprint density at radius 1 is 1.07 bits per heavy atom. The van der Waals surface area contributed by atoms with Crippen molar-refractivity contribution in [3.63, 3.8) is 0 Å². The van der Waals surface area contributed by atoms with Crippen LogP contribution in [-0.2, 0) is 11.3 Å². The van der Waals surface area contributed by atoms with Crippen molar-refractivity contribution in [1.82, 2.24) is 5.32 Å². The van der Waals surface area contributed by atoms with Gasteiger partial charge in [-0.2, -0.15) is 0 Å². The Hall–Kier alpha value is -3.22. The van der Waals surface area contributed by atoms with Crippen molar-refractivity contribution in [2.45, 2.75) is 20.4 Å². The highest BCUT2D eigenvalue weighted by Crippen LogP contribution is 2.28. The van der Waals surface area contributed by atoms with Gasteiger partial charge in [-0.05, 0) is 41.8 Å². The average molecular weight is 387 g/mol. The first kappa shape index (κ1) is 21.1. The van der Waals surface area contributed by atoms with Crippen LogP contribution in [0.2, 0.25) is 0 Å². The van der Waals surface area contributed by atoms with Gasteiger partial charge in [0, 0.05) is 12.1 Å². The number of carboxylic acid groups (broad SMARTS) is 1. The van der Waals surface area contributed by atoms with E-state index in [9.17, 15) is 9.59 Å². The Morgan fingerprint density at radius 3 is 2.54 bits per heavy atom. The molecule has 0 fully saturated rings. The van der Waals surface area contributed by atoms with Crippen LogP contribution in [-0.4, -0.2) is 37.3 Å². The zero-order valence-corrected chi connectivity index (χ0v) is 16.2. The minimum absolute atomic E-state index is 0.259. The first-order valence-corrected chi connectivity index (χ1v) is 8.91. The highest BCUT2D eigenvalue weighted by molar-refractivity contribution is 5.94. The van der Waals surface area contributed by atoms with Crippen LogP contribution in [0.3, 0.4) is 0 Å². The molecule has 2 N–H and O–H groups in total. The van der Waals surface area contributed by atoms with Gasteiger partial charge in [-0.1, -0.05) is 26.0 Å². The third-order valence-electron chi connectivity index (χ3n) is 3.71. The third kappa shape index (κ3) is 6.50. The molecule has 0 heterocycles. The lowest BCUT2D eigenvalue weighted by atomic mass is 10.1. The van der Waals surface area contributed by atoms with E-state index in [1.54, 1.807) is 36.4 Å². The van der Waals surface area contributed by atoms with Crippen LogP contribution in [0.5, 0.6) is 17.2 Å². The van der Waals surface area contributed by atoms with Gasteiger partial charge in [0.1, 0.15) is 5.75 Å². The molecule has 150 valence electrons. The molecule has 0 saturated carbocycles. The van der Waals surface area contributed by atoms with Crippen molar-refractivity contribution in [2.75, 3.05) is 20.3 Å². The van der Waals surface area contributed by atoms with E-state index in [1.165, 1.54) is 7.11 Å². The Labute approximate surface area is 164 Å². The van der Waals surface area contributed by atoms with Gasteiger partial charge in [0.05, 0.1) is 13.7 Å². The van der Waals surface area contributed by atoms with Crippen LogP contribution in [0.15, 0.2) is 42.5 Å². The fraction of sp³-hybridized carbons (Fsp3) is 0.333. The number of benzene rings is 2. The molecule has 0 atom stereocenters. The molecular weight excluding hydrogens is 362 g/mol. The monoisotopic (exact) mass is 387 g/mol. The van der Waals surface area contributed by atoms with E-state index in [1.807, 2.05) is 6.07 Å². The molecule has 0 unspecified atom stereocenters. The maximum absolute atomic E-state index is 12.4. The number of amides is 1. The quantitative estimate of drug-likeness (QED) is 0.651. The molecule has 7 heteroatoms. The zero-order valence-electron chi connectivity index (χ0n) is 16.2. The molecule has 1 amide bonds. The predicted octanol–water partition coefficient (Wildman–Crippen LogP) is 3.12. The van der Waals surface area contributed by atoms with Crippen molar-refractivity contribution < 1.29 is 28.9 Å². The Bertz CT molecular complexity index is 818. The second kappa shape index (κ2) is 10.2. The summed E-state index contributed by atoms with van der Waals surface area (Å²) in [6, 6.07) is 11.9. The van der Waals surface area contributed by atoms with Crippen LogP contribution in [0.25, 0.3) is 0 Å². The van der Waals surface area contributed by atoms with Gasteiger partial charge in [-0.3, -0.25) is 4.79 Å². The largest absolute Gasteiger partial charge is 0.493 e. The van der Waals surface area contributed by atoms with Gasteiger partial charge in [-0.25, -0.2) is 4.79 Å². The molecule has 7 nitrogen and oxygen atoms in total. The van der Waals surface area contributed by atoms with Crippen LogP contribution < -0.4 is 19.5 Å². The number of carbonyl (C=O) groups excluding carboxylic acids is 1.